The van der Waals surface area contributed by atoms with Crippen LogP contribution in [0, 0.1) is 5.92 Å². The summed E-state index contributed by atoms with van der Waals surface area (Å²) in [5.41, 5.74) is 2.05. The summed E-state index contributed by atoms with van der Waals surface area (Å²) in [6, 6.07) is 0. The number of Topliss-reactive ketones (excluding diaryl/α,β-unsaturated/α-hetero) is 1. The summed E-state index contributed by atoms with van der Waals surface area (Å²) in [7, 11) is 0. The lowest BCUT2D eigenvalue weighted by Gasteiger charge is -2.18. The van der Waals surface area contributed by atoms with E-state index < -0.39 is 0 Å². The zero-order valence-electron chi connectivity index (χ0n) is 12.0. The fraction of sp³-hybridized carbons (Fsp3) is 0.688. The van der Waals surface area contributed by atoms with Gasteiger partial charge in [0.15, 0.2) is 5.78 Å². The van der Waals surface area contributed by atoms with Crippen LogP contribution in [0.15, 0.2) is 23.8 Å². The minimum absolute atomic E-state index is 0.282. The first-order chi connectivity index (χ1) is 8.02. The molecule has 1 nitrogen and oxygen atoms in total. The van der Waals surface area contributed by atoms with Crippen LogP contribution in [0.2, 0.25) is 0 Å². The molecular weight excluding hydrogens is 208 g/mol. The smallest absolute Gasteiger partial charge is 0.158 e. The molecular formula is C16H28O. The number of rotatable bonds is 4. The highest BCUT2D eigenvalue weighted by Gasteiger charge is 2.18. The third-order valence-corrected chi connectivity index (χ3v) is 3.23. The van der Waals surface area contributed by atoms with E-state index in [0.717, 1.165) is 17.6 Å². The Hall–Kier alpha value is -0.850. The number of hydrogen-bond acceptors (Lipinski definition) is 1. The van der Waals surface area contributed by atoms with Crippen molar-refractivity contribution in [3.63, 3.8) is 0 Å². The molecule has 0 aromatic heterocycles. The van der Waals surface area contributed by atoms with Gasteiger partial charge in [0.25, 0.3) is 0 Å². The van der Waals surface area contributed by atoms with Gasteiger partial charge in [-0.25, -0.2) is 0 Å². The van der Waals surface area contributed by atoms with Crippen LogP contribution in [0.4, 0.5) is 0 Å². The predicted octanol–water partition coefficient (Wildman–Crippen LogP) is 5.07. The van der Waals surface area contributed by atoms with Crippen LogP contribution in [0.3, 0.4) is 0 Å². The number of ketones is 1. The Bertz CT molecular complexity index is 269. The Morgan fingerprint density at radius 3 is 2.24 bits per heavy atom. The maximum Gasteiger partial charge on any atom is 0.158 e. The molecule has 0 fully saturated rings. The first-order valence-corrected chi connectivity index (χ1v) is 6.88. The van der Waals surface area contributed by atoms with Crippen molar-refractivity contribution in [2.24, 2.45) is 5.92 Å². The summed E-state index contributed by atoms with van der Waals surface area (Å²) >= 11 is 0. The van der Waals surface area contributed by atoms with Crippen molar-refractivity contribution < 1.29 is 4.79 Å². The van der Waals surface area contributed by atoms with Crippen LogP contribution in [0.5, 0.6) is 0 Å². The summed E-state index contributed by atoms with van der Waals surface area (Å²) in [6.07, 6.45) is 9.21. The average molecular weight is 236 g/mol. The summed E-state index contributed by atoms with van der Waals surface area (Å²) in [4.78, 5) is 11.2. The predicted molar refractivity (Wildman–Crippen MR) is 76.1 cm³/mol. The zero-order valence-corrected chi connectivity index (χ0v) is 12.0. The van der Waals surface area contributed by atoms with E-state index in [1.807, 2.05) is 19.9 Å². The molecule has 0 aromatic rings. The molecule has 1 atom stereocenters. The second kappa shape index (κ2) is 9.21. The van der Waals surface area contributed by atoms with Gasteiger partial charge in [-0.15, -0.1) is 0 Å². The summed E-state index contributed by atoms with van der Waals surface area (Å²) in [6.45, 7) is 12.2. The molecule has 1 heteroatoms. The van der Waals surface area contributed by atoms with Crippen molar-refractivity contribution in [3.05, 3.63) is 23.8 Å². The number of hydrogen-bond donors (Lipinski definition) is 0. The van der Waals surface area contributed by atoms with Gasteiger partial charge < -0.3 is 0 Å². The number of carbonyl (C=O) groups is 1. The molecule has 1 aliphatic rings. The molecule has 0 saturated carbocycles. The molecule has 0 aliphatic heterocycles. The summed E-state index contributed by atoms with van der Waals surface area (Å²) < 4.78 is 0. The van der Waals surface area contributed by atoms with Crippen LogP contribution < -0.4 is 0 Å². The van der Waals surface area contributed by atoms with Gasteiger partial charge in [-0.05, 0) is 31.8 Å². The van der Waals surface area contributed by atoms with Crippen molar-refractivity contribution in [3.8, 4) is 0 Å². The monoisotopic (exact) mass is 236 g/mol. The minimum Gasteiger partial charge on any atom is -0.295 e. The molecule has 17 heavy (non-hydrogen) atoms. The molecule has 98 valence electrons. The molecule has 0 heterocycles. The highest BCUT2D eigenvalue weighted by molar-refractivity contribution is 5.95. The maximum atomic E-state index is 11.2. The van der Waals surface area contributed by atoms with E-state index in [1.165, 1.54) is 25.7 Å². The van der Waals surface area contributed by atoms with Crippen LogP contribution in [-0.4, -0.2) is 5.78 Å². The highest BCUT2D eigenvalue weighted by atomic mass is 16.1. The first kappa shape index (κ1) is 16.1. The van der Waals surface area contributed by atoms with Gasteiger partial charge in [-0.2, -0.15) is 0 Å². The van der Waals surface area contributed by atoms with Crippen LogP contribution >= 0.6 is 0 Å². The lowest BCUT2D eigenvalue weighted by molar-refractivity contribution is -0.116. The SMILES string of the molecule is C=C(C)C1CC=C(C)C(=O)C1.CCCCCC. The van der Waals surface area contributed by atoms with Crippen LogP contribution in [0.25, 0.3) is 0 Å². The Kier molecular flexibility index (Phi) is 8.75. The van der Waals surface area contributed by atoms with Crippen molar-refractivity contribution in [1.29, 1.82) is 0 Å². The third-order valence-electron chi connectivity index (χ3n) is 3.23. The van der Waals surface area contributed by atoms with Gasteiger partial charge in [-0.1, -0.05) is 57.8 Å². The molecule has 0 amide bonds. The number of carbonyl (C=O) groups excluding carboxylic acids is 1. The Labute approximate surface area is 107 Å². The normalized spacial score (nSPS) is 19.2. The standard InChI is InChI=1S/C10H14O.C6H14/c1-7(2)9-5-4-8(3)10(11)6-9;1-3-5-6-4-2/h4,9H,1,5-6H2,2-3H3;3-6H2,1-2H3. The van der Waals surface area contributed by atoms with E-state index in [2.05, 4.69) is 20.4 Å². The molecule has 0 N–H and O–H groups in total. The topological polar surface area (TPSA) is 17.1 Å². The lowest BCUT2D eigenvalue weighted by Crippen LogP contribution is -2.14. The van der Waals surface area contributed by atoms with E-state index in [-0.39, 0.29) is 5.78 Å². The third kappa shape index (κ3) is 7.14. The molecule has 1 unspecified atom stereocenters. The van der Waals surface area contributed by atoms with E-state index in [4.69, 9.17) is 0 Å². The van der Waals surface area contributed by atoms with Crippen molar-refractivity contribution >= 4 is 5.78 Å². The number of allylic oxidation sites excluding steroid dienone is 3. The maximum absolute atomic E-state index is 11.2. The van der Waals surface area contributed by atoms with E-state index >= 15 is 0 Å². The van der Waals surface area contributed by atoms with Crippen molar-refractivity contribution in [1.82, 2.24) is 0 Å². The Morgan fingerprint density at radius 1 is 1.35 bits per heavy atom. The highest BCUT2D eigenvalue weighted by Crippen LogP contribution is 2.25. The summed E-state index contributed by atoms with van der Waals surface area (Å²) in [5, 5.41) is 0. The zero-order chi connectivity index (χ0) is 13.3. The number of unbranched alkanes of at least 4 members (excludes halogenated alkanes) is 3. The second-order valence-corrected chi connectivity index (χ2v) is 5.00. The minimum atomic E-state index is 0.282. The molecule has 0 radical (unpaired) electrons. The largest absolute Gasteiger partial charge is 0.295 e. The molecule has 0 aromatic carbocycles. The quantitative estimate of drug-likeness (QED) is 0.491. The van der Waals surface area contributed by atoms with E-state index in [0.29, 0.717) is 12.3 Å². The van der Waals surface area contributed by atoms with E-state index in [1.54, 1.807) is 0 Å². The Balaban J connectivity index is 0.000000366. The average Bonchev–Trinajstić information content (AvgIpc) is 2.30. The van der Waals surface area contributed by atoms with Crippen LogP contribution in [-0.2, 0) is 4.79 Å². The molecule has 0 saturated heterocycles. The van der Waals surface area contributed by atoms with E-state index in [9.17, 15) is 4.79 Å². The van der Waals surface area contributed by atoms with Gasteiger partial charge in [0, 0.05) is 6.42 Å². The van der Waals surface area contributed by atoms with Gasteiger partial charge in [-0.3, -0.25) is 4.79 Å². The Morgan fingerprint density at radius 2 is 1.88 bits per heavy atom. The first-order valence-electron chi connectivity index (χ1n) is 6.88. The second-order valence-electron chi connectivity index (χ2n) is 5.00. The van der Waals surface area contributed by atoms with Gasteiger partial charge in [0.2, 0.25) is 0 Å². The van der Waals surface area contributed by atoms with Gasteiger partial charge >= 0.3 is 0 Å². The van der Waals surface area contributed by atoms with Gasteiger partial charge in [0.1, 0.15) is 0 Å². The fourth-order valence-corrected chi connectivity index (χ4v) is 1.78. The lowest BCUT2D eigenvalue weighted by atomic mass is 9.85. The fourth-order valence-electron chi connectivity index (χ4n) is 1.78. The molecule has 0 bridgehead atoms. The summed E-state index contributed by atoms with van der Waals surface area (Å²) in [5.74, 6) is 0.676. The van der Waals surface area contributed by atoms with Crippen molar-refractivity contribution in [2.45, 2.75) is 66.2 Å². The molecule has 1 aliphatic carbocycles. The molecule has 1 rings (SSSR count). The van der Waals surface area contributed by atoms with Gasteiger partial charge in [0.05, 0.1) is 0 Å². The van der Waals surface area contributed by atoms with Crippen LogP contribution in [0.1, 0.15) is 66.2 Å². The van der Waals surface area contributed by atoms with Crippen molar-refractivity contribution in [2.75, 3.05) is 0 Å². The molecule has 0 spiro atoms.